The van der Waals surface area contributed by atoms with Gasteiger partial charge < -0.3 is 9.47 Å². The minimum absolute atomic E-state index is 0.158. The van der Waals surface area contributed by atoms with E-state index in [0.717, 1.165) is 17.8 Å². The highest BCUT2D eigenvalue weighted by atomic mass is 32.1. The van der Waals surface area contributed by atoms with Gasteiger partial charge in [-0.1, -0.05) is 16.6 Å². The lowest BCUT2D eigenvalue weighted by Crippen LogP contribution is -2.08. The van der Waals surface area contributed by atoms with E-state index in [9.17, 15) is 0 Å². The number of nitrogens with zero attached hydrogens (tertiary/aromatic N) is 6. The monoisotopic (exact) mass is 292 g/mol. The maximum Gasteiger partial charge on any atom is 0.234 e. The summed E-state index contributed by atoms with van der Waals surface area (Å²) >= 11 is 1.36. The van der Waals surface area contributed by atoms with Crippen LogP contribution < -0.4 is 0 Å². The molecule has 8 nitrogen and oxygen atoms in total. The third-order valence-electron chi connectivity index (χ3n) is 2.95. The number of hydrogen-bond acceptors (Lipinski definition) is 8. The Labute approximate surface area is 119 Å². The van der Waals surface area contributed by atoms with E-state index in [1.54, 1.807) is 11.8 Å². The van der Waals surface area contributed by atoms with Gasteiger partial charge >= 0.3 is 0 Å². The van der Waals surface area contributed by atoms with Crippen LogP contribution in [0.4, 0.5) is 0 Å². The van der Waals surface area contributed by atoms with E-state index in [0.29, 0.717) is 24.0 Å². The molecule has 1 unspecified atom stereocenters. The molecular formula is C11H12N6O2S. The van der Waals surface area contributed by atoms with Gasteiger partial charge in [0.1, 0.15) is 29.5 Å². The smallest absolute Gasteiger partial charge is 0.234 e. The molecule has 3 heterocycles. The zero-order valence-corrected chi connectivity index (χ0v) is 11.6. The van der Waals surface area contributed by atoms with Gasteiger partial charge in [-0.25, -0.2) is 0 Å². The first kappa shape index (κ1) is 13.1. The predicted octanol–water partition coefficient (Wildman–Crippen LogP) is 0.988. The molecule has 20 heavy (non-hydrogen) atoms. The van der Waals surface area contributed by atoms with Gasteiger partial charge in [-0.2, -0.15) is 9.94 Å². The van der Waals surface area contributed by atoms with Crippen LogP contribution in [0.25, 0.3) is 5.13 Å². The third-order valence-corrected chi connectivity index (χ3v) is 3.82. The van der Waals surface area contributed by atoms with Crippen molar-refractivity contribution in [2.24, 2.45) is 0 Å². The second-order valence-corrected chi connectivity index (χ2v) is 5.30. The number of methoxy groups -OCH3 is 1. The Hall–Kier alpha value is -1.89. The van der Waals surface area contributed by atoms with Crippen molar-refractivity contribution in [3.63, 3.8) is 0 Å². The van der Waals surface area contributed by atoms with Crippen LogP contribution in [0.15, 0.2) is 0 Å². The molecule has 1 aliphatic heterocycles. The van der Waals surface area contributed by atoms with Gasteiger partial charge in [0.25, 0.3) is 0 Å². The van der Waals surface area contributed by atoms with E-state index in [4.69, 9.17) is 14.7 Å². The van der Waals surface area contributed by atoms with Crippen molar-refractivity contribution in [2.75, 3.05) is 13.7 Å². The topological polar surface area (TPSA) is 98.7 Å². The van der Waals surface area contributed by atoms with Gasteiger partial charge in [0, 0.05) is 13.7 Å². The molecule has 0 aromatic carbocycles. The number of ether oxygens (including phenoxy) is 2. The molecule has 104 valence electrons. The lowest BCUT2D eigenvalue weighted by atomic mass is 10.1. The standard InChI is InChI=1S/C11H12N6O2S/c1-18-6-9-14-15-11(20-9)17-10(7(5-12)13-16-17)8-3-2-4-19-8/h8H,2-4,6H2,1H3. The summed E-state index contributed by atoms with van der Waals surface area (Å²) in [5, 5.41) is 26.4. The first-order chi connectivity index (χ1) is 9.83. The molecule has 0 radical (unpaired) electrons. The molecule has 0 spiro atoms. The van der Waals surface area contributed by atoms with Crippen molar-refractivity contribution in [3.8, 4) is 11.2 Å². The molecular weight excluding hydrogens is 280 g/mol. The molecule has 0 amide bonds. The Balaban J connectivity index is 2.00. The zero-order valence-electron chi connectivity index (χ0n) is 10.8. The van der Waals surface area contributed by atoms with Crippen molar-refractivity contribution >= 4 is 11.3 Å². The Bertz CT molecular complexity index is 640. The molecule has 1 saturated heterocycles. The lowest BCUT2D eigenvalue weighted by Gasteiger charge is -2.09. The van der Waals surface area contributed by atoms with Crippen molar-refractivity contribution in [1.29, 1.82) is 5.26 Å². The van der Waals surface area contributed by atoms with Crippen LogP contribution in [0.2, 0.25) is 0 Å². The van der Waals surface area contributed by atoms with E-state index in [1.165, 1.54) is 11.3 Å². The van der Waals surface area contributed by atoms with E-state index in [-0.39, 0.29) is 11.8 Å². The van der Waals surface area contributed by atoms with Crippen LogP contribution >= 0.6 is 11.3 Å². The summed E-state index contributed by atoms with van der Waals surface area (Å²) in [7, 11) is 1.60. The van der Waals surface area contributed by atoms with Crippen LogP contribution in [0.3, 0.4) is 0 Å². The molecule has 0 bridgehead atoms. The van der Waals surface area contributed by atoms with Crippen molar-refractivity contribution < 1.29 is 9.47 Å². The molecule has 0 N–H and O–H groups in total. The fourth-order valence-corrected chi connectivity index (χ4v) is 2.88. The zero-order chi connectivity index (χ0) is 13.9. The van der Waals surface area contributed by atoms with E-state index in [2.05, 4.69) is 26.6 Å². The molecule has 0 aliphatic carbocycles. The Kier molecular flexibility index (Phi) is 3.68. The first-order valence-electron chi connectivity index (χ1n) is 6.12. The molecule has 1 atom stereocenters. The molecule has 2 aromatic rings. The third kappa shape index (κ3) is 2.29. The second-order valence-electron chi connectivity index (χ2n) is 4.26. The van der Waals surface area contributed by atoms with E-state index in [1.807, 2.05) is 0 Å². The maximum atomic E-state index is 9.15. The largest absolute Gasteiger partial charge is 0.377 e. The van der Waals surface area contributed by atoms with Crippen LogP contribution in [-0.2, 0) is 16.1 Å². The maximum absolute atomic E-state index is 9.15. The highest BCUT2D eigenvalue weighted by Crippen LogP contribution is 2.31. The van der Waals surface area contributed by atoms with Crippen LogP contribution in [0, 0.1) is 11.3 Å². The molecule has 0 saturated carbocycles. The highest BCUT2D eigenvalue weighted by Gasteiger charge is 2.28. The Morgan fingerprint density at radius 3 is 3.10 bits per heavy atom. The lowest BCUT2D eigenvalue weighted by molar-refractivity contribution is 0.106. The molecule has 9 heteroatoms. The van der Waals surface area contributed by atoms with Crippen molar-refractivity contribution in [1.82, 2.24) is 25.2 Å². The van der Waals surface area contributed by atoms with Crippen LogP contribution in [0.1, 0.15) is 35.3 Å². The second kappa shape index (κ2) is 5.62. The van der Waals surface area contributed by atoms with Gasteiger partial charge in [0.15, 0.2) is 5.69 Å². The highest BCUT2D eigenvalue weighted by molar-refractivity contribution is 7.13. The quantitative estimate of drug-likeness (QED) is 0.828. The summed E-state index contributed by atoms with van der Waals surface area (Å²) in [5.41, 5.74) is 0.936. The predicted molar refractivity (Wildman–Crippen MR) is 68.2 cm³/mol. The van der Waals surface area contributed by atoms with E-state index >= 15 is 0 Å². The minimum Gasteiger partial charge on any atom is -0.377 e. The minimum atomic E-state index is -0.158. The fraction of sp³-hybridized carbons (Fsp3) is 0.545. The SMILES string of the molecule is COCc1nnc(-n2nnc(C#N)c2C2CCCO2)s1. The number of rotatable bonds is 4. The van der Waals surface area contributed by atoms with Crippen LogP contribution in [0.5, 0.6) is 0 Å². The van der Waals surface area contributed by atoms with Gasteiger partial charge in [-0.05, 0) is 12.8 Å². The van der Waals surface area contributed by atoms with E-state index < -0.39 is 0 Å². The van der Waals surface area contributed by atoms with Gasteiger partial charge in [0.05, 0.1) is 0 Å². The summed E-state index contributed by atoms with van der Waals surface area (Å²) in [5.74, 6) is 0. The van der Waals surface area contributed by atoms with Crippen LogP contribution in [-0.4, -0.2) is 38.9 Å². The summed E-state index contributed by atoms with van der Waals surface area (Å²) in [6, 6.07) is 2.05. The molecule has 1 fully saturated rings. The average molecular weight is 292 g/mol. The fourth-order valence-electron chi connectivity index (χ4n) is 2.10. The van der Waals surface area contributed by atoms with Crippen molar-refractivity contribution in [2.45, 2.75) is 25.6 Å². The summed E-state index contributed by atoms with van der Waals surface area (Å²) in [6.07, 6.45) is 1.66. The van der Waals surface area contributed by atoms with Crippen molar-refractivity contribution in [3.05, 3.63) is 16.4 Å². The van der Waals surface area contributed by atoms with Gasteiger partial charge in [-0.15, -0.1) is 15.3 Å². The number of hydrogen-bond donors (Lipinski definition) is 0. The first-order valence-corrected chi connectivity index (χ1v) is 6.94. The molecule has 1 aliphatic rings. The molecule has 3 rings (SSSR count). The Morgan fingerprint density at radius 2 is 2.40 bits per heavy atom. The van der Waals surface area contributed by atoms with Gasteiger partial charge in [-0.3, -0.25) is 0 Å². The summed E-state index contributed by atoms with van der Waals surface area (Å²) in [4.78, 5) is 0. The molecule has 2 aromatic heterocycles. The van der Waals surface area contributed by atoms with Gasteiger partial charge in [0.2, 0.25) is 5.13 Å². The summed E-state index contributed by atoms with van der Waals surface area (Å²) in [6.45, 7) is 1.08. The summed E-state index contributed by atoms with van der Waals surface area (Å²) < 4.78 is 12.2. The number of nitriles is 1. The Morgan fingerprint density at radius 1 is 1.50 bits per heavy atom. The average Bonchev–Trinajstić information content (AvgIpc) is 3.18. The normalized spacial score (nSPS) is 18.3. The number of aromatic nitrogens is 5.